The average Bonchev–Trinajstić information content (AvgIpc) is 3.87. The lowest BCUT2D eigenvalue weighted by Gasteiger charge is -2.29. The number of rotatable bonds is 7. The van der Waals surface area contributed by atoms with Crippen molar-refractivity contribution in [3.8, 4) is 56.5 Å². The molecule has 2 aliphatic heterocycles. The van der Waals surface area contributed by atoms with E-state index >= 15 is 0 Å². The second kappa shape index (κ2) is 18.0. The summed E-state index contributed by atoms with van der Waals surface area (Å²) in [6, 6.07) is 23.0. The molecule has 61 heavy (non-hydrogen) atoms. The first-order valence-corrected chi connectivity index (χ1v) is 20.3. The lowest BCUT2D eigenvalue weighted by Crippen LogP contribution is -2.40. The number of pyridine rings is 2. The number of carbonyl (C=O) groups is 2. The molecular weight excluding hydrogens is 844 g/mol. The van der Waals surface area contributed by atoms with Gasteiger partial charge in [0.25, 0.3) is 11.8 Å². The maximum Gasteiger partial charge on any atom is 0.265 e. The molecule has 3 N–H and O–H groups in total. The molecule has 0 aliphatic carbocycles. The molecule has 0 atom stereocenters. The van der Waals surface area contributed by atoms with Crippen molar-refractivity contribution in [3.63, 3.8) is 0 Å². The Morgan fingerprint density at radius 2 is 1.23 bits per heavy atom. The largest absolute Gasteiger partial charge is 0.482 e. The number of fused-ring (bicyclic) bond motifs is 4. The molecule has 6 aromatic heterocycles. The Hall–Kier alpha value is -7.08. The molecule has 17 heteroatoms. The fourth-order valence-corrected chi connectivity index (χ4v) is 7.04. The van der Waals surface area contributed by atoms with Crippen molar-refractivity contribution in [3.05, 3.63) is 121 Å². The summed E-state index contributed by atoms with van der Waals surface area (Å²) in [5.41, 5.74) is 10.1. The smallest absolute Gasteiger partial charge is 0.265 e. The van der Waals surface area contributed by atoms with Gasteiger partial charge in [-0.15, -0.1) is 0 Å². The van der Waals surface area contributed by atoms with Crippen molar-refractivity contribution in [2.45, 2.75) is 13.8 Å². The minimum absolute atomic E-state index is 0.0343. The third-order valence-electron chi connectivity index (χ3n) is 9.62. The summed E-state index contributed by atoms with van der Waals surface area (Å²) in [5, 5.41) is 20.8. The molecule has 2 aromatic carbocycles. The first kappa shape index (κ1) is 40.7. The van der Waals surface area contributed by atoms with Crippen LogP contribution in [0.4, 0.5) is 11.4 Å². The van der Waals surface area contributed by atoms with E-state index in [-0.39, 0.29) is 44.8 Å². The first-order chi connectivity index (χ1) is 29.8. The number of alkyl halides is 1. The minimum Gasteiger partial charge on any atom is -0.482 e. The van der Waals surface area contributed by atoms with Gasteiger partial charge in [0.1, 0.15) is 11.5 Å². The van der Waals surface area contributed by atoms with Crippen LogP contribution in [0.3, 0.4) is 0 Å². The van der Waals surface area contributed by atoms with Crippen LogP contribution >= 0.6 is 15.9 Å². The monoisotopic (exact) mass is 882 g/mol. The number of nitrogens with one attached hydrogen (secondary N) is 1. The quantitative estimate of drug-likeness (QED) is 0.159. The van der Waals surface area contributed by atoms with Gasteiger partial charge in [-0.3, -0.25) is 28.4 Å². The number of carbonyl (C=O) groups excluding carboxylic acids is 2. The van der Waals surface area contributed by atoms with Crippen LogP contribution in [-0.2, 0) is 9.59 Å². The number of amides is 2. The number of nitrogens with zero attached hydrogens (tertiary/aromatic N) is 9. The zero-order valence-corrected chi connectivity index (χ0v) is 34.7. The first-order valence-electron chi connectivity index (χ1n) is 19.2. The summed E-state index contributed by atoms with van der Waals surface area (Å²) in [5.74, 6) is 2.11. The van der Waals surface area contributed by atoms with Crippen molar-refractivity contribution in [1.29, 1.82) is 0 Å². The predicted octanol–water partition coefficient (Wildman–Crippen LogP) is 5.96. The number of aliphatic hydroxyl groups is 2. The molecule has 0 radical (unpaired) electrons. The molecule has 0 saturated carbocycles. The fraction of sp³-hybridized carbons (Fsp3) is 0.182. The van der Waals surface area contributed by atoms with Gasteiger partial charge >= 0.3 is 0 Å². The van der Waals surface area contributed by atoms with Crippen LogP contribution in [0.1, 0.15) is 11.4 Å². The van der Waals surface area contributed by atoms with Crippen LogP contribution in [0, 0.1) is 13.8 Å². The Kier molecular flexibility index (Phi) is 12.0. The van der Waals surface area contributed by atoms with E-state index in [0.717, 1.165) is 56.4 Å². The molecule has 16 nitrogen and oxygen atoms in total. The van der Waals surface area contributed by atoms with Crippen LogP contribution in [0.25, 0.3) is 56.6 Å². The van der Waals surface area contributed by atoms with Crippen LogP contribution in [0.2, 0.25) is 0 Å². The summed E-state index contributed by atoms with van der Waals surface area (Å²) >= 11 is 3.00. The van der Waals surface area contributed by atoms with Crippen LogP contribution in [0.15, 0.2) is 110 Å². The lowest BCUT2D eigenvalue weighted by atomic mass is 10.0. The molecule has 0 fully saturated rings. The van der Waals surface area contributed by atoms with Gasteiger partial charge in [0.2, 0.25) is 11.6 Å². The molecule has 10 rings (SSSR count). The molecule has 0 bridgehead atoms. The highest BCUT2D eigenvalue weighted by Gasteiger charge is 2.27. The summed E-state index contributed by atoms with van der Waals surface area (Å²) in [4.78, 5) is 52.4. The van der Waals surface area contributed by atoms with Gasteiger partial charge in [-0.1, -0.05) is 15.9 Å². The van der Waals surface area contributed by atoms with E-state index in [1.54, 1.807) is 29.7 Å². The van der Waals surface area contributed by atoms with Gasteiger partial charge < -0.3 is 29.9 Å². The summed E-state index contributed by atoms with van der Waals surface area (Å²) in [7, 11) is 0. The zero-order valence-electron chi connectivity index (χ0n) is 33.1. The lowest BCUT2D eigenvalue weighted by molar-refractivity contribution is -0.121. The van der Waals surface area contributed by atoms with Crippen LogP contribution < -0.4 is 19.7 Å². The SMILES string of the molecule is Cc1cc(-c2nc3ncccn3c2-c2ccc3c(c2)N(CCO)C(=O)CO3)ccn1.Cc1cc(-c2nc3ncccn3c2-c2ccc3c(c2)NC(=O)CO3)ccn1.OCCBr. The van der Waals surface area contributed by atoms with E-state index in [0.29, 0.717) is 39.8 Å². The van der Waals surface area contributed by atoms with Gasteiger partial charge in [-0.05, 0) is 86.6 Å². The van der Waals surface area contributed by atoms with E-state index in [9.17, 15) is 14.7 Å². The van der Waals surface area contributed by atoms with Crippen LogP contribution in [0.5, 0.6) is 11.5 Å². The second-order valence-corrected chi connectivity index (χ2v) is 14.6. The molecule has 0 unspecified atom stereocenters. The second-order valence-electron chi connectivity index (χ2n) is 13.8. The standard InChI is InChI=1S/C22H19N5O3.C20H15N5O2.C2H5BrO/c1-14-11-15(5-7-23-14)20-21(27-8-2-6-24-22(27)25-20)16-3-4-18-17(12-16)26(9-10-28)19(29)13-30-18;1-12-9-13(5-7-21-12)18-19(25-8-2-6-22-20(25)24-18)14-3-4-16-15(10-14)23-17(26)11-27-16;3-1-2-4/h2-8,11-12,28H,9-10,13H2,1H3;2-10H,11H2,1H3,(H,23,26);4H,1-2H2. The van der Waals surface area contributed by atoms with Gasteiger partial charge in [0.05, 0.1) is 47.4 Å². The van der Waals surface area contributed by atoms with Gasteiger partial charge in [-0.2, -0.15) is 0 Å². The molecule has 308 valence electrons. The number of halogens is 1. The molecule has 8 heterocycles. The maximum atomic E-state index is 12.3. The number of hydrogen-bond acceptors (Lipinski definition) is 12. The van der Waals surface area contributed by atoms with Crippen molar-refractivity contribution in [2.75, 3.05) is 48.5 Å². The Bertz CT molecular complexity index is 2900. The van der Waals surface area contributed by atoms with Gasteiger partial charge in [0.15, 0.2) is 13.2 Å². The highest BCUT2D eigenvalue weighted by Crippen LogP contribution is 2.40. The Morgan fingerprint density at radius 1 is 0.672 bits per heavy atom. The summed E-state index contributed by atoms with van der Waals surface area (Å²) < 4.78 is 14.9. The van der Waals surface area contributed by atoms with Crippen molar-refractivity contribution in [2.24, 2.45) is 0 Å². The Balaban J connectivity index is 0.000000156. The third-order valence-corrected chi connectivity index (χ3v) is 9.97. The van der Waals surface area contributed by atoms with Crippen molar-refractivity contribution >= 4 is 50.7 Å². The number of β-amino-alcohol motifs (C(OH)–C–C–N with tert-alkyl or cyclic N) is 1. The molecule has 0 saturated heterocycles. The fourth-order valence-electron chi connectivity index (χ4n) is 7.04. The Labute approximate surface area is 357 Å². The maximum absolute atomic E-state index is 12.3. The number of ether oxygens (including phenoxy) is 2. The van der Waals surface area contributed by atoms with Crippen molar-refractivity contribution < 1.29 is 29.3 Å². The Morgan fingerprint density at radius 3 is 1.79 bits per heavy atom. The average molecular weight is 884 g/mol. The number of anilines is 2. The summed E-state index contributed by atoms with van der Waals surface area (Å²) in [6.45, 7) is 4.20. The molecule has 8 aromatic rings. The number of hydrogen-bond donors (Lipinski definition) is 3. The van der Waals surface area contributed by atoms with E-state index < -0.39 is 0 Å². The number of aromatic nitrogens is 8. The molecule has 2 aliphatic rings. The van der Waals surface area contributed by atoms with E-state index in [1.165, 1.54) is 0 Å². The molecule has 2 amide bonds. The van der Waals surface area contributed by atoms with Gasteiger partial charge in [0, 0.05) is 82.7 Å². The summed E-state index contributed by atoms with van der Waals surface area (Å²) in [6.07, 6.45) is 10.8. The normalized spacial score (nSPS) is 12.9. The van der Waals surface area contributed by atoms with Crippen molar-refractivity contribution in [1.82, 2.24) is 38.7 Å². The predicted molar refractivity (Wildman–Crippen MR) is 233 cm³/mol. The molecule has 0 spiro atoms. The number of benzene rings is 2. The molecular formula is C44H39BrN10O6. The van der Waals surface area contributed by atoms with Gasteiger partial charge in [-0.25, -0.2) is 19.9 Å². The van der Waals surface area contributed by atoms with Crippen LogP contribution in [-0.4, -0.2) is 99.0 Å². The topological polar surface area (TPSA) is 194 Å². The van der Waals surface area contributed by atoms with E-state index in [4.69, 9.17) is 24.5 Å². The third kappa shape index (κ3) is 8.52. The number of aryl methyl sites for hydroxylation is 2. The number of imidazole rings is 2. The van der Waals surface area contributed by atoms with E-state index in [1.807, 2.05) is 108 Å². The minimum atomic E-state index is -0.182. The highest BCUT2D eigenvalue weighted by atomic mass is 79.9. The zero-order chi connectivity index (χ0) is 42.5. The van der Waals surface area contributed by atoms with E-state index in [2.05, 4.69) is 41.2 Å². The number of aliphatic hydroxyl groups excluding tert-OH is 2. The highest BCUT2D eigenvalue weighted by molar-refractivity contribution is 9.09.